The molecule has 0 aliphatic carbocycles. The van der Waals surface area contributed by atoms with Crippen molar-refractivity contribution in [2.24, 2.45) is 0 Å². The standard InChI is InChI=1S/C15H7BrF3NO/c16-9-1-2-12(14(19)5-9)15(21)13(7-20)8-3-10(17)6-11(18)4-8/h1-6,13H. The van der Waals surface area contributed by atoms with Crippen LogP contribution in [-0.4, -0.2) is 5.78 Å². The van der Waals surface area contributed by atoms with E-state index in [4.69, 9.17) is 5.26 Å². The number of carbonyl (C=O) groups excluding carboxylic acids is 1. The number of hydrogen-bond donors (Lipinski definition) is 0. The predicted molar refractivity (Wildman–Crippen MR) is 73.1 cm³/mol. The number of carbonyl (C=O) groups is 1. The third-order valence-corrected chi connectivity index (χ3v) is 3.30. The second kappa shape index (κ2) is 6.10. The summed E-state index contributed by atoms with van der Waals surface area (Å²) < 4.78 is 40.6. The quantitative estimate of drug-likeness (QED) is 0.769. The molecule has 0 heterocycles. The smallest absolute Gasteiger partial charge is 0.187 e. The summed E-state index contributed by atoms with van der Waals surface area (Å²) in [4.78, 5) is 12.2. The van der Waals surface area contributed by atoms with E-state index in [2.05, 4.69) is 15.9 Å². The minimum absolute atomic E-state index is 0.151. The SMILES string of the molecule is N#CC(C(=O)c1ccc(Br)cc1F)c1cc(F)cc(F)c1. The van der Waals surface area contributed by atoms with Crippen LogP contribution in [0.1, 0.15) is 21.8 Å². The van der Waals surface area contributed by atoms with Gasteiger partial charge in [-0.25, -0.2) is 13.2 Å². The van der Waals surface area contributed by atoms with Gasteiger partial charge in [0.05, 0.1) is 11.6 Å². The van der Waals surface area contributed by atoms with E-state index in [9.17, 15) is 18.0 Å². The van der Waals surface area contributed by atoms with Crippen LogP contribution in [0.3, 0.4) is 0 Å². The molecular formula is C15H7BrF3NO. The normalized spacial score (nSPS) is 11.8. The van der Waals surface area contributed by atoms with E-state index in [1.165, 1.54) is 12.1 Å². The Kier molecular flexibility index (Phi) is 4.43. The Balaban J connectivity index is 2.46. The van der Waals surface area contributed by atoms with Gasteiger partial charge < -0.3 is 0 Å². The van der Waals surface area contributed by atoms with Crippen LogP contribution in [0.15, 0.2) is 40.9 Å². The van der Waals surface area contributed by atoms with Crippen LogP contribution in [-0.2, 0) is 0 Å². The monoisotopic (exact) mass is 353 g/mol. The van der Waals surface area contributed by atoms with Gasteiger partial charge in [-0.1, -0.05) is 15.9 Å². The highest BCUT2D eigenvalue weighted by Crippen LogP contribution is 2.25. The zero-order valence-electron chi connectivity index (χ0n) is 10.4. The summed E-state index contributed by atoms with van der Waals surface area (Å²) in [5, 5.41) is 9.09. The Hall–Kier alpha value is -2.13. The topological polar surface area (TPSA) is 40.9 Å². The van der Waals surface area contributed by atoms with Gasteiger partial charge in [-0.05, 0) is 35.9 Å². The molecule has 0 amide bonds. The molecule has 0 saturated heterocycles. The van der Waals surface area contributed by atoms with Crippen LogP contribution in [0.5, 0.6) is 0 Å². The molecule has 6 heteroatoms. The molecule has 2 aromatic rings. The van der Waals surface area contributed by atoms with Gasteiger partial charge in [0.15, 0.2) is 5.78 Å². The van der Waals surface area contributed by atoms with Crippen LogP contribution < -0.4 is 0 Å². The lowest BCUT2D eigenvalue weighted by Gasteiger charge is -2.10. The van der Waals surface area contributed by atoms with E-state index in [1.807, 2.05) is 0 Å². The van der Waals surface area contributed by atoms with E-state index in [0.29, 0.717) is 10.5 Å². The molecule has 0 spiro atoms. The van der Waals surface area contributed by atoms with Crippen LogP contribution >= 0.6 is 15.9 Å². The van der Waals surface area contributed by atoms with E-state index < -0.39 is 29.2 Å². The van der Waals surface area contributed by atoms with Gasteiger partial charge in [0.2, 0.25) is 0 Å². The first-order valence-electron chi connectivity index (χ1n) is 5.77. The first-order chi connectivity index (χ1) is 9.92. The first kappa shape index (κ1) is 15.3. The lowest BCUT2D eigenvalue weighted by Crippen LogP contribution is -2.13. The van der Waals surface area contributed by atoms with Crippen LogP contribution in [0.2, 0.25) is 0 Å². The van der Waals surface area contributed by atoms with Gasteiger partial charge in [-0.2, -0.15) is 5.26 Å². The second-order valence-electron chi connectivity index (χ2n) is 4.25. The van der Waals surface area contributed by atoms with Crippen molar-refractivity contribution in [1.82, 2.24) is 0 Å². The molecule has 0 radical (unpaired) electrons. The largest absolute Gasteiger partial charge is 0.292 e. The number of rotatable bonds is 3. The van der Waals surface area contributed by atoms with Crippen molar-refractivity contribution in [1.29, 1.82) is 5.26 Å². The zero-order valence-corrected chi connectivity index (χ0v) is 12.0. The molecule has 2 aromatic carbocycles. The maximum absolute atomic E-state index is 13.8. The maximum Gasteiger partial charge on any atom is 0.187 e. The van der Waals surface area contributed by atoms with Crippen molar-refractivity contribution in [3.63, 3.8) is 0 Å². The van der Waals surface area contributed by atoms with Crippen LogP contribution in [0, 0.1) is 28.8 Å². The number of ketones is 1. The highest BCUT2D eigenvalue weighted by molar-refractivity contribution is 9.10. The van der Waals surface area contributed by atoms with E-state index in [-0.39, 0.29) is 11.1 Å². The molecule has 0 saturated carbocycles. The number of nitrogens with zero attached hydrogens (tertiary/aromatic N) is 1. The van der Waals surface area contributed by atoms with Gasteiger partial charge in [-0.15, -0.1) is 0 Å². The van der Waals surface area contributed by atoms with Crippen LogP contribution in [0.4, 0.5) is 13.2 Å². The average molecular weight is 354 g/mol. The minimum atomic E-state index is -1.48. The Bertz CT molecular complexity index is 735. The molecular weight excluding hydrogens is 347 g/mol. The van der Waals surface area contributed by atoms with Crippen molar-refractivity contribution in [2.75, 3.05) is 0 Å². The third-order valence-electron chi connectivity index (χ3n) is 2.81. The molecule has 0 fully saturated rings. The van der Waals surface area contributed by atoms with Crippen molar-refractivity contribution in [2.45, 2.75) is 5.92 Å². The summed E-state index contributed by atoms with van der Waals surface area (Å²) in [6.07, 6.45) is 0. The molecule has 21 heavy (non-hydrogen) atoms. The van der Waals surface area contributed by atoms with Gasteiger partial charge in [0, 0.05) is 10.5 Å². The first-order valence-corrected chi connectivity index (χ1v) is 6.56. The fourth-order valence-corrected chi connectivity index (χ4v) is 2.20. The molecule has 1 atom stereocenters. The molecule has 2 nitrogen and oxygen atoms in total. The fourth-order valence-electron chi connectivity index (χ4n) is 1.87. The number of halogens is 4. The average Bonchev–Trinajstić information content (AvgIpc) is 2.38. The van der Waals surface area contributed by atoms with Crippen molar-refractivity contribution >= 4 is 21.7 Å². The van der Waals surface area contributed by atoms with Crippen LogP contribution in [0.25, 0.3) is 0 Å². The second-order valence-corrected chi connectivity index (χ2v) is 5.17. The molecule has 2 rings (SSSR count). The Morgan fingerprint density at radius 3 is 2.24 bits per heavy atom. The minimum Gasteiger partial charge on any atom is -0.292 e. The Morgan fingerprint density at radius 2 is 1.71 bits per heavy atom. The van der Waals surface area contributed by atoms with Gasteiger partial charge in [0.1, 0.15) is 23.4 Å². The maximum atomic E-state index is 13.8. The highest BCUT2D eigenvalue weighted by Gasteiger charge is 2.25. The molecule has 0 N–H and O–H groups in total. The highest BCUT2D eigenvalue weighted by atomic mass is 79.9. The number of Topliss-reactive ketones (excluding diaryl/α,β-unsaturated/α-hetero) is 1. The predicted octanol–water partition coefficient (Wildman–Crippen LogP) is 4.36. The van der Waals surface area contributed by atoms with Gasteiger partial charge >= 0.3 is 0 Å². The van der Waals surface area contributed by atoms with Crippen molar-refractivity contribution < 1.29 is 18.0 Å². The number of nitriles is 1. The van der Waals surface area contributed by atoms with Gasteiger partial charge in [0.25, 0.3) is 0 Å². The van der Waals surface area contributed by atoms with Gasteiger partial charge in [-0.3, -0.25) is 4.79 Å². The van der Waals surface area contributed by atoms with Crippen molar-refractivity contribution in [3.05, 3.63) is 69.4 Å². The fraction of sp³-hybridized carbons (Fsp3) is 0.0667. The van der Waals surface area contributed by atoms with E-state index in [0.717, 1.165) is 18.2 Å². The summed E-state index contributed by atoms with van der Waals surface area (Å²) in [7, 11) is 0. The summed E-state index contributed by atoms with van der Waals surface area (Å²) in [5.41, 5.74) is -0.461. The third kappa shape index (κ3) is 3.31. The molecule has 0 aliphatic heterocycles. The number of hydrogen-bond acceptors (Lipinski definition) is 2. The van der Waals surface area contributed by atoms with E-state index in [1.54, 1.807) is 6.07 Å². The molecule has 106 valence electrons. The zero-order chi connectivity index (χ0) is 15.6. The lowest BCUT2D eigenvalue weighted by molar-refractivity contribution is 0.0975. The summed E-state index contributed by atoms with van der Waals surface area (Å²) in [5.74, 6) is -4.96. The Morgan fingerprint density at radius 1 is 1.10 bits per heavy atom. The molecule has 0 aromatic heterocycles. The Labute approximate surface area is 127 Å². The summed E-state index contributed by atoms with van der Waals surface area (Å²) in [6, 6.07) is 7.77. The molecule has 0 aliphatic rings. The molecule has 1 unspecified atom stereocenters. The summed E-state index contributed by atoms with van der Waals surface area (Å²) in [6.45, 7) is 0. The number of benzene rings is 2. The van der Waals surface area contributed by atoms with Crippen molar-refractivity contribution in [3.8, 4) is 6.07 Å². The van der Waals surface area contributed by atoms with E-state index >= 15 is 0 Å². The molecule has 0 bridgehead atoms. The summed E-state index contributed by atoms with van der Waals surface area (Å²) >= 11 is 3.05. The lowest BCUT2D eigenvalue weighted by atomic mass is 9.91.